The van der Waals surface area contributed by atoms with Crippen molar-refractivity contribution in [3.05, 3.63) is 0 Å². The van der Waals surface area contributed by atoms with E-state index < -0.39 is 30.0 Å². The second-order valence-electron chi connectivity index (χ2n) is 2.76. The molecule has 8 heteroatoms. The number of alkyl halides is 7. The zero-order valence-electron chi connectivity index (χ0n) is 5.76. The summed E-state index contributed by atoms with van der Waals surface area (Å²) in [6, 6.07) is 0. The molecule has 13 heavy (non-hydrogen) atoms. The Morgan fingerprint density at radius 1 is 0.769 bits per heavy atom. The van der Waals surface area contributed by atoms with Gasteiger partial charge in [-0.25, -0.2) is 4.39 Å². The minimum Gasteiger partial charge on any atom is -0.202 e. The molecule has 1 saturated carbocycles. The van der Waals surface area contributed by atoms with Gasteiger partial charge in [-0.15, -0.1) is 0 Å². The van der Waals surface area contributed by atoms with Gasteiger partial charge in [-0.3, -0.25) is 0 Å². The van der Waals surface area contributed by atoms with Gasteiger partial charge >= 0.3 is 23.6 Å². The minimum atomic E-state index is -5.93. The Hall–Kier alpha value is -0.530. The maximum absolute atomic E-state index is 12.1. The monoisotopic (exact) mass is 211 g/mol. The molecule has 0 aromatic carbocycles. The summed E-state index contributed by atoms with van der Waals surface area (Å²) in [5.74, 6) is -22.3. The van der Waals surface area contributed by atoms with Crippen molar-refractivity contribution in [2.24, 2.45) is 0 Å². The molecule has 1 radical (unpaired) electrons. The van der Waals surface area contributed by atoms with Crippen LogP contribution in [0, 0.1) is 0 Å². The summed E-state index contributed by atoms with van der Waals surface area (Å²) in [5, 5.41) is 10.0. The van der Waals surface area contributed by atoms with E-state index in [0.717, 1.165) is 0 Å². The molecule has 1 atom stereocenters. The van der Waals surface area contributed by atoms with Gasteiger partial charge in [-0.05, 0) is 0 Å². The van der Waals surface area contributed by atoms with Crippen LogP contribution in [0.15, 0.2) is 0 Å². The highest BCUT2D eigenvalue weighted by Gasteiger charge is 2.88. The fraction of sp³-hybridized carbons (Fsp3) is 1.00. The second-order valence-corrected chi connectivity index (χ2v) is 2.76. The molecule has 1 fully saturated rings. The zero-order chi connectivity index (χ0) is 10.7. The maximum Gasteiger partial charge on any atom is 0.378 e. The number of hydrogen-bond donors (Lipinski definition) is 0. The van der Waals surface area contributed by atoms with Crippen LogP contribution in [0.2, 0.25) is 0 Å². The van der Waals surface area contributed by atoms with Crippen LogP contribution in [0.5, 0.6) is 0 Å². The van der Waals surface area contributed by atoms with E-state index in [0.29, 0.717) is 0 Å². The summed E-state index contributed by atoms with van der Waals surface area (Å²) in [7, 11) is 0. The third-order valence-corrected chi connectivity index (χ3v) is 1.77. The standard InChI is InChI=1S/C5H2F7O/c6-2(7)1-3(8,13)5(11,12)4(2,9)10/h1H2. The van der Waals surface area contributed by atoms with E-state index in [-0.39, 0.29) is 0 Å². The van der Waals surface area contributed by atoms with Crippen molar-refractivity contribution in [1.82, 2.24) is 0 Å². The third kappa shape index (κ3) is 0.976. The van der Waals surface area contributed by atoms with Gasteiger partial charge in [0.05, 0.1) is 6.42 Å². The molecule has 77 valence electrons. The first kappa shape index (κ1) is 10.6. The average Bonchev–Trinajstić information content (AvgIpc) is 1.88. The van der Waals surface area contributed by atoms with Crippen LogP contribution in [0.25, 0.3) is 0 Å². The molecule has 1 nitrogen and oxygen atoms in total. The van der Waals surface area contributed by atoms with Gasteiger partial charge in [-0.2, -0.15) is 31.4 Å². The molecule has 0 amide bonds. The molecule has 0 aliphatic heterocycles. The van der Waals surface area contributed by atoms with Crippen molar-refractivity contribution in [1.29, 1.82) is 0 Å². The molecule has 1 aliphatic carbocycles. The van der Waals surface area contributed by atoms with Crippen LogP contribution in [-0.4, -0.2) is 23.6 Å². The molecule has 1 rings (SSSR count). The average molecular weight is 211 g/mol. The molecule has 1 unspecified atom stereocenters. The Morgan fingerprint density at radius 3 is 1.23 bits per heavy atom. The van der Waals surface area contributed by atoms with E-state index in [1.165, 1.54) is 0 Å². The lowest BCUT2D eigenvalue weighted by Gasteiger charge is -2.24. The van der Waals surface area contributed by atoms with E-state index >= 15 is 0 Å². The van der Waals surface area contributed by atoms with Gasteiger partial charge in [-0.1, -0.05) is 0 Å². The van der Waals surface area contributed by atoms with Gasteiger partial charge in [0.2, 0.25) is 0 Å². The van der Waals surface area contributed by atoms with Gasteiger partial charge in [0, 0.05) is 0 Å². The molecular weight excluding hydrogens is 209 g/mol. The lowest BCUT2D eigenvalue weighted by molar-refractivity contribution is -0.331. The molecule has 0 aromatic heterocycles. The predicted molar refractivity (Wildman–Crippen MR) is 24.0 cm³/mol. The maximum atomic E-state index is 12.1. The van der Waals surface area contributed by atoms with Crippen molar-refractivity contribution < 1.29 is 35.8 Å². The summed E-state index contributed by atoms with van der Waals surface area (Å²) in [5.41, 5.74) is 0. The number of rotatable bonds is 0. The molecular formula is C5H2F7O. The molecule has 0 aromatic rings. The van der Waals surface area contributed by atoms with Gasteiger partial charge < -0.3 is 0 Å². The van der Waals surface area contributed by atoms with Crippen molar-refractivity contribution in [2.75, 3.05) is 0 Å². The van der Waals surface area contributed by atoms with Gasteiger partial charge in [0.15, 0.2) is 0 Å². The fourth-order valence-electron chi connectivity index (χ4n) is 0.972. The lowest BCUT2D eigenvalue weighted by atomic mass is 10.2. The van der Waals surface area contributed by atoms with Crippen molar-refractivity contribution in [2.45, 2.75) is 30.0 Å². The predicted octanol–water partition coefficient (Wildman–Crippen LogP) is 2.39. The summed E-state index contributed by atoms with van der Waals surface area (Å²) in [6.07, 6.45) is -2.72. The van der Waals surface area contributed by atoms with Crippen LogP contribution >= 0.6 is 0 Å². The molecule has 0 saturated heterocycles. The SMILES string of the molecule is [O]C1(F)CC(F)(F)C(F)(F)C1(F)F. The van der Waals surface area contributed by atoms with Crippen LogP contribution in [-0.2, 0) is 5.11 Å². The van der Waals surface area contributed by atoms with Crippen molar-refractivity contribution in [3.63, 3.8) is 0 Å². The normalized spacial score (nSPS) is 40.6. The Kier molecular flexibility index (Phi) is 1.70. The van der Waals surface area contributed by atoms with E-state index in [4.69, 9.17) is 0 Å². The first-order valence-electron chi connectivity index (χ1n) is 2.98. The molecule has 0 spiro atoms. The molecule has 0 heterocycles. The van der Waals surface area contributed by atoms with E-state index in [1.54, 1.807) is 0 Å². The Balaban J connectivity index is 3.24. The van der Waals surface area contributed by atoms with Gasteiger partial charge in [0.25, 0.3) is 0 Å². The lowest BCUT2D eigenvalue weighted by Crippen LogP contribution is -2.51. The number of hydrogen-bond acceptors (Lipinski definition) is 0. The second kappa shape index (κ2) is 2.10. The Morgan fingerprint density at radius 2 is 1.15 bits per heavy atom. The molecule has 0 N–H and O–H groups in total. The van der Waals surface area contributed by atoms with Crippen molar-refractivity contribution >= 4 is 0 Å². The quantitative estimate of drug-likeness (QED) is 0.548. The summed E-state index contributed by atoms with van der Waals surface area (Å²) in [6.45, 7) is 0. The number of halogens is 7. The van der Waals surface area contributed by atoms with Crippen LogP contribution in [0.1, 0.15) is 6.42 Å². The molecule has 0 bridgehead atoms. The van der Waals surface area contributed by atoms with E-state index in [2.05, 4.69) is 0 Å². The van der Waals surface area contributed by atoms with Crippen LogP contribution in [0.4, 0.5) is 30.7 Å². The first-order valence-corrected chi connectivity index (χ1v) is 2.98. The highest BCUT2D eigenvalue weighted by Crippen LogP contribution is 2.61. The summed E-state index contributed by atoms with van der Waals surface area (Å²) in [4.78, 5) is 0. The minimum absolute atomic E-state index is 2.72. The van der Waals surface area contributed by atoms with Crippen LogP contribution < -0.4 is 0 Å². The largest absolute Gasteiger partial charge is 0.378 e. The molecule has 1 aliphatic rings. The Bertz CT molecular complexity index is 209. The zero-order valence-corrected chi connectivity index (χ0v) is 5.76. The smallest absolute Gasteiger partial charge is 0.202 e. The topological polar surface area (TPSA) is 19.9 Å². The van der Waals surface area contributed by atoms with Crippen LogP contribution in [0.3, 0.4) is 0 Å². The highest BCUT2D eigenvalue weighted by molar-refractivity contribution is 5.12. The fourth-order valence-corrected chi connectivity index (χ4v) is 0.972. The Labute approximate surface area is 67.1 Å². The van der Waals surface area contributed by atoms with Crippen molar-refractivity contribution in [3.8, 4) is 0 Å². The summed E-state index contributed by atoms with van der Waals surface area (Å²) >= 11 is 0. The highest BCUT2D eigenvalue weighted by atomic mass is 19.3. The van der Waals surface area contributed by atoms with E-state index in [1.807, 2.05) is 0 Å². The van der Waals surface area contributed by atoms with E-state index in [9.17, 15) is 35.8 Å². The third-order valence-electron chi connectivity index (χ3n) is 1.77. The first-order chi connectivity index (χ1) is 5.46. The van der Waals surface area contributed by atoms with Gasteiger partial charge in [0.1, 0.15) is 0 Å². The summed E-state index contributed by atoms with van der Waals surface area (Å²) < 4.78 is 84.5.